The van der Waals surface area contributed by atoms with Gasteiger partial charge in [0.05, 0.1) is 11.3 Å². The highest BCUT2D eigenvalue weighted by Gasteiger charge is 2.21. The second-order valence-corrected chi connectivity index (χ2v) is 2.71. The van der Waals surface area contributed by atoms with E-state index in [2.05, 4.69) is 4.98 Å². The molecule has 0 aliphatic heterocycles. The zero-order chi connectivity index (χ0) is 10.9. The van der Waals surface area contributed by atoms with E-state index < -0.39 is 34.4 Å². The van der Waals surface area contributed by atoms with Gasteiger partial charge in [0.25, 0.3) is 11.7 Å². The van der Waals surface area contributed by atoms with Crippen molar-refractivity contribution in [1.82, 2.24) is 4.98 Å². The third-order valence-electron chi connectivity index (χ3n) is 1.54. The number of carbonyl (C=O) groups excluding carboxylic acids is 1. The Balaban J connectivity index is 3.41. The molecule has 0 spiro atoms. The summed E-state index contributed by atoms with van der Waals surface area (Å²) in [6, 6.07) is 0. The third kappa shape index (κ3) is 1.79. The quantitative estimate of drug-likeness (QED) is 0.618. The van der Waals surface area contributed by atoms with Gasteiger partial charge in [0.2, 0.25) is 5.95 Å². The summed E-state index contributed by atoms with van der Waals surface area (Å²) in [7, 11) is 0. The number of nitrogen functional groups attached to an aromatic ring is 1. The lowest BCUT2D eigenvalue weighted by Crippen LogP contribution is -2.07. The van der Waals surface area contributed by atoms with Gasteiger partial charge in [-0.1, -0.05) is 0 Å². The molecule has 1 aromatic rings. The van der Waals surface area contributed by atoms with E-state index in [1.807, 2.05) is 0 Å². The van der Waals surface area contributed by atoms with E-state index >= 15 is 0 Å². The Labute approximate surface area is 81.7 Å². The third-order valence-corrected chi connectivity index (χ3v) is 1.72. The van der Waals surface area contributed by atoms with Gasteiger partial charge < -0.3 is 5.73 Å². The summed E-state index contributed by atoms with van der Waals surface area (Å²) in [5.41, 5.74) is 2.92. The fourth-order valence-corrected chi connectivity index (χ4v) is 1.06. The van der Waals surface area contributed by atoms with Crippen molar-refractivity contribution in [3.63, 3.8) is 0 Å². The molecule has 14 heavy (non-hydrogen) atoms. The van der Waals surface area contributed by atoms with E-state index in [0.717, 1.165) is 0 Å². The van der Waals surface area contributed by atoms with E-state index in [-0.39, 0.29) is 0 Å². The zero-order valence-electron chi connectivity index (χ0n) is 6.60. The first-order chi connectivity index (χ1) is 6.45. The zero-order valence-corrected chi connectivity index (χ0v) is 7.36. The number of hydrogen-bond donors (Lipinski definition) is 1. The van der Waals surface area contributed by atoms with Crippen LogP contribution in [0.1, 0.15) is 22.3 Å². The van der Waals surface area contributed by atoms with Crippen LogP contribution in [0.3, 0.4) is 0 Å². The summed E-state index contributed by atoms with van der Waals surface area (Å²) < 4.78 is 37.2. The molecule has 3 nitrogen and oxygen atoms in total. The Morgan fingerprint density at radius 1 is 1.57 bits per heavy atom. The van der Waals surface area contributed by atoms with Crippen LogP contribution in [0.2, 0.25) is 0 Å². The summed E-state index contributed by atoms with van der Waals surface area (Å²) in [5, 5.41) is -1.25. The minimum Gasteiger partial charge on any atom is -0.398 e. The van der Waals surface area contributed by atoms with Crippen LogP contribution < -0.4 is 5.73 Å². The number of aromatic nitrogens is 1. The van der Waals surface area contributed by atoms with Crippen LogP contribution >= 0.6 is 11.6 Å². The van der Waals surface area contributed by atoms with E-state index in [9.17, 15) is 18.0 Å². The number of alkyl halides is 2. The first-order valence-electron chi connectivity index (χ1n) is 3.37. The molecule has 0 aliphatic rings. The molecule has 0 bridgehead atoms. The molecule has 0 fully saturated rings. The highest BCUT2D eigenvalue weighted by atomic mass is 35.5. The highest BCUT2D eigenvalue weighted by molar-refractivity contribution is 6.68. The van der Waals surface area contributed by atoms with Gasteiger partial charge >= 0.3 is 0 Å². The smallest absolute Gasteiger partial charge is 0.267 e. The van der Waals surface area contributed by atoms with Crippen molar-refractivity contribution in [2.75, 3.05) is 5.73 Å². The van der Waals surface area contributed by atoms with Crippen molar-refractivity contribution < 1.29 is 18.0 Å². The maximum atomic E-state index is 12.8. The molecular weight excluding hydrogens is 221 g/mol. The molecular formula is C7H4ClF3N2O. The van der Waals surface area contributed by atoms with E-state index in [1.165, 1.54) is 0 Å². The van der Waals surface area contributed by atoms with Crippen LogP contribution in [0.15, 0.2) is 6.20 Å². The van der Waals surface area contributed by atoms with E-state index in [4.69, 9.17) is 17.3 Å². The molecule has 0 aliphatic carbocycles. The van der Waals surface area contributed by atoms with Crippen LogP contribution in [0.4, 0.5) is 18.9 Å². The molecule has 1 heterocycles. The predicted octanol–water partition coefficient (Wildman–Crippen LogP) is 2.12. The Bertz CT molecular complexity index is 383. The molecule has 7 heteroatoms. The maximum Gasteiger partial charge on any atom is 0.267 e. The lowest BCUT2D eigenvalue weighted by molar-refractivity contribution is 0.107. The number of anilines is 1. The molecule has 0 atom stereocenters. The highest BCUT2D eigenvalue weighted by Crippen LogP contribution is 2.28. The lowest BCUT2D eigenvalue weighted by Gasteiger charge is -2.07. The first-order valence-corrected chi connectivity index (χ1v) is 3.74. The maximum absolute atomic E-state index is 12.8. The predicted molar refractivity (Wildman–Crippen MR) is 43.7 cm³/mol. The van der Waals surface area contributed by atoms with Gasteiger partial charge in [-0.3, -0.25) is 4.79 Å². The van der Waals surface area contributed by atoms with Gasteiger partial charge in [-0.15, -0.1) is 0 Å². The summed E-state index contributed by atoms with van der Waals surface area (Å²) in [6.45, 7) is 0. The van der Waals surface area contributed by atoms with Crippen LogP contribution in [-0.2, 0) is 0 Å². The van der Waals surface area contributed by atoms with Gasteiger partial charge in [-0.2, -0.15) is 4.39 Å². The van der Waals surface area contributed by atoms with Crippen LogP contribution in [0.5, 0.6) is 0 Å². The van der Waals surface area contributed by atoms with Gasteiger partial charge in [0.1, 0.15) is 5.56 Å². The second kappa shape index (κ2) is 3.83. The van der Waals surface area contributed by atoms with Crippen molar-refractivity contribution in [2.24, 2.45) is 0 Å². The minimum atomic E-state index is -2.93. The molecule has 0 saturated carbocycles. The number of hydrogen-bond acceptors (Lipinski definition) is 3. The summed E-state index contributed by atoms with van der Waals surface area (Å²) >= 11 is 4.95. The van der Waals surface area contributed by atoms with Gasteiger partial charge in [-0.25, -0.2) is 13.8 Å². The standard InChI is InChI=1S/C7H4ClF3N2O/c8-5(14)3-4(12)2(6(9)10)1-13-7(3)11/h1,6H,(H2,12,13). The Morgan fingerprint density at radius 2 is 2.14 bits per heavy atom. The second-order valence-electron chi connectivity index (χ2n) is 2.37. The number of nitrogens with zero attached hydrogens (tertiary/aromatic N) is 1. The van der Waals surface area contributed by atoms with Crippen molar-refractivity contribution in [1.29, 1.82) is 0 Å². The van der Waals surface area contributed by atoms with Gasteiger partial charge in [0, 0.05) is 6.20 Å². The van der Waals surface area contributed by atoms with E-state index in [0.29, 0.717) is 6.20 Å². The molecule has 2 N–H and O–H groups in total. The van der Waals surface area contributed by atoms with Gasteiger partial charge in [0.15, 0.2) is 0 Å². The molecule has 76 valence electrons. The van der Waals surface area contributed by atoms with Crippen molar-refractivity contribution in [2.45, 2.75) is 6.43 Å². The number of nitrogens with two attached hydrogens (primary N) is 1. The fourth-order valence-electron chi connectivity index (χ4n) is 0.877. The van der Waals surface area contributed by atoms with Crippen LogP contribution in [-0.4, -0.2) is 10.2 Å². The lowest BCUT2D eigenvalue weighted by atomic mass is 10.1. The summed E-state index contributed by atoms with van der Waals surface area (Å²) in [4.78, 5) is 13.6. The normalized spacial score (nSPS) is 10.6. The monoisotopic (exact) mass is 224 g/mol. The molecule has 1 rings (SSSR count). The molecule has 0 aromatic carbocycles. The number of rotatable bonds is 2. The average Bonchev–Trinajstić information content (AvgIpc) is 2.02. The van der Waals surface area contributed by atoms with Crippen molar-refractivity contribution in [3.8, 4) is 0 Å². The molecule has 0 radical (unpaired) electrons. The SMILES string of the molecule is Nc1c(C(F)F)cnc(F)c1C(=O)Cl. The topological polar surface area (TPSA) is 56.0 Å². The average molecular weight is 225 g/mol. The van der Waals surface area contributed by atoms with Gasteiger partial charge in [-0.05, 0) is 11.6 Å². The van der Waals surface area contributed by atoms with Crippen LogP contribution in [0, 0.1) is 5.95 Å². The Hall–Kier alpha value is -1.30. The number of pyridine rings is 1. The van der Waals surface area contributed by atoms with Crippen molar-refractivity contribution >= 4 is 22.5 Å². The fraction of sp³-hybridized carbons (Fsp3) is 0.143. The van der Waals surface area contributed by atoms with Crippen molar-refractivity contribution in [3.05, 3.63) is 23.3 Å². The summed E-state index contributed by atoms with van der Waals surface area (Å²) in [6.07, 6.45) is -2.36. The molecule has 0 saturated heterocycles. The Kier molecular flexibility index (Phi) is 2.95. The first kappa shape index (κ1) is 10.8. The molecule has 0 unspecified atom stereocenters. The minimum absolute atomic E-state index is 0.568. The Morgan fingerprint density at radius 3 is 2.57 bits per heavy atom. The van der Waals surface area contributed by atoms with E-state index in [1.54, 1.807) is 0 Å². The molecule has 1 aromatic heterocycles. The summed E-state index contributed by atoms with van der Waals surface area (Å²) in [5.74, 6) is -1.26. The number of halogens is 4. The van der Waals surface area contributed by atoms with Crippen LogP contribution in [0.25, 0.3) is 0 Å². The largest absolute Gasteiger partial charge is 0.398 e. The molecule has 0 amide bonds. The number of carbonyl (C=O) groups is 1.